The Kier molecular flexibility index (Phi) is 12.7. The average Bonchev–Trinajstić information content (AvgIpc) is 2.60. The first-order valence-electron chi connectivity index (χ1n) is 8.88. The molecule has 2 N–H and O–H groups in total. The topological polar surface area (TPSA) is 48.9 Å². The fourth-order valence-electron chi connectivity index (χ4n) is 2.69. The van der Waals surface area contributed by atoms with Crippen molar-refractivity contribution < 1.29 is 4.74 Å². The number of nitrogens with zero attached hydrogens (tertiary/aromatic N) is 2. The Bertz CT molecular complexity index is 504. The number of methoxy groups -OCH3 is 1. The van der Waals surface area contributed by atoms with Crippen LogP contribution in [0.2, 0.25) is 0 Å². The van der Waals surface area contributed by atoms with E-state index in [9.17, 15) is 0 Å². The van der Waals surface area contributed by atoms with Crippen LogP contribution in [-0.4, -0.2) is 51.2 Å². The maximum Gasteiger partial charge on any atom is 0.191 e. The van der Waals surface area contributed by atoms with Crippen molar-refractivity contribution in [1.29, 1.82) is 0 Å². The molecule has 1 rings (SSSR count). The number of aliphatic imine (C=N–C) groups is 1. The molecule has 1 aromatic carbocycles. The van der Waals surface area contributed by atoms with E-state index in [0.717, 1.165) is 37.9 Å². The maximum absolute atomic E-state index is 5.39. The van der Waals surface area contributed by atoms with Crippen molar-refractivity contribution in [2.45, 2.75) is 33.7 Å². The summed E-state index contributed by atoms with van der Waals surface area (Å²) in [5.74, 6) is 2.33. The van der Waals surface area contributed by atoms with E-state index in [-0.39, 0.29) is 30.0 Å². The highest BCUT2D eigenvalue weighted by Crippen LogP contribution is 2.23. The van der Waals surface area contributed by atoms with Gasteiger partial charge < -0.3 is 15.4 Å². The lowest BCUT2D eigenvalue weighted by molar-refractivity contribution is 0.218. The molecule has 0 amide bonds. The highest BCUT2D eigenvalue weighted by Gasteiger charge is 2.19. The summed E-state index contributed by atoms with van der Waals surface area (Å²) in [4.78, 5) is 6.76. The van der Waals surface area contributed by atoms with Crippen molar-refractivity contribution in [2.24, 2.45) is 10.9 Å². The molecule has 6 heteroatoms. The minimum atomic E-state index is 0. The van der Waals surface area contributed by atoms with Gasteiger partial charge in [0.1, 0.15) is 5.75 Å². The first kappa shape index (κ1) is 24.0. The van der Waals surface area contributed by atoms with Gasteiger partial charge in [0.25, 0.3) is 0 Å². The van der Waals surface area contributed by atoms with Gasteiger partial charge in [-0.2, -0.15) is 0 Å². The monoisotopic (exact) mass is 462 g/mol. The molecule has 0 heterocycles. The van der Waals surface area contributed by atoms with Crippen LogP contribution >= 0.6 is 24.0 Å². The highest BCUT2D eigenvalue weighted by molar-refractivity contribution is 14.0. The lowest BCUT2D eigenvalue weighted by atomic mass is 10.0. The molecule has 5 nitrogen and oxygen atoms in total. The molecule has 0 aliphatic carbocycles. The van der Waals surface area contributed by atoms with E-state index in [1.807, 2.05) is 13.1 Å². The summed E-state index contributed by atoms with van der Waals surface area (Å²) < 4.78 is 5.39. The van der Waals surface area contributed by atoms with Crippen LogP contribution in [0, 0.1) is 5.92 Å². The van der Waals surface area contributed by atoms with Gasteiger partial charge in [0.05, 0.1) is 13.2 Å². The molecule has 0 aliphatic heterocycles. The van der Waals surface area contributed by atoms with E-state index in [2.05, 4.69) is 66.4 Å². The molecule has 0 radical (unpaired) electrons. The fraction of sp³-hybridized carbons (Fsp3) is 0.632. The number of ether oxygens (including phenoxy) is 1. The van der Waals surface area contributed by atoms with Crippen LogP contribution in [0.25, 0.3) is 0 Å². The SMILES string of the molecule is CCN(CC)C(CNC(=NC)NCC(C)C)c1cccc(OC)c1.I. The summed E-state index contributed by atoms with van der Waals surface area (Å²) in [5, 5.41) is 6.84. The second-order valence-electron chi connectivity index (χ2n) is 6.24. The smallest absolute Gasteiger partial charge is 0.191 e. The molecule has 0 spiro atoms. The van der Waals surface area contributed by atoms with E-state index in [1.165, 1.54) is 5.56 Å². The first-order valence-corrected chi connectivity index (χ1v) is 8.88. The molecular weight excluding hydrogens is 427 g/mol. The van der Waals surface area contributed by atoms with Crippen LogP contribution in [0.1, 0.15) is 39.3 Å². The lowest BCUT2D eigenvalue weighted by Gasteiger charge is -2.31. The van der Waals surface area contributed by atoms with Gasteiger partial charge in [0, 0.05) is 20.1 Å². The van der Waals surface area contributed by atoms with Crippen LogP contribution < -0.4 is 15.4 Å². The molecule has 0 saturated heterocycles. The molecule has 0 aliphatic rings. The highest BCUT2D eigenvalue weighted by atomic mass is 127. The molecule has 1 atom stereocenters. The molecule has 1 unspecified atom stereocenters. The molecule has 0 fully saturated rings. The maximum atomic E-state index is 5.39. The van der Waals surface area contributed by atoms with Gasteiger partial charge in [0.2, 0.25) is 0 Å². The molecule has 0 aromatic heterocycles. The Balaban J connectivity index is 0.00000576. The number of hydrogen-bond acceptors (Lipinski definition) is 3. The van der Waals surface area contributed by atoms with E-state index >= 15 is 0 Å². The van der Waals surface area contributed by atoms with E-state index < -0.39 is 0 Å². The number of nitrogens with one attached hydrogen (secondary N) is 2. The number of guanidine groups is 1. The summed E-state index contributed by atoms with van der Waals surface area (Å²) >= 11 is 0. The van der Waals surface area contributed by atoms with Crippen LogP contribution in [0.4, 0.5) is 0 Å². The lowest BCUT2D eigenvalue weighted by Crippen LogP contribution is -2.44. The van der Waals surface area contributed by atoms with Crippen molar-refractivity contribution in [2.75, 3.05) is 40.3 Å². The number of halogens is 1. The second kappa shape index (κ2) is 13.2. The standard InChI is InChI=1S/C19H34N4O.HI/c1-7-23(8-2)18(16-10-9-11-17(12-16)24-6)14-22-19(20-5)21-13-15(3)4;/h9-12,15,18H,7-8,13-14H2,1-6H3,(H2,20,21,22);1H. The van der Waals surface area contributed by atoms with Gasteiger partial charge in [0.15, 0.2) is 5.96 Å². The summed E-state index contributed by atoms with van der Waals surface area (Å²) in [6.07, 6.45) is 0. The third-order valence-electron chi connectivity index (χ3n) is 4.10. The van der Waals surface area contributed by atoms with Gasteiger partial charge in [-0.05, 0) is 36.7 Å². The Morgan fingerprint density at radius 3 is 2.32 bits per heavy atom. The molecule has 25 heavy (non-hydrogen) atoms. The Labute approximate surface area is 170 Å². The summed E-state index contributed by atoms with van der Waals surface area (Å²) in [7, 11) is 3.52. The van der Waals surface area contributed by atoms with Crippen molar-refractivity contribution in [3.05, 3.63) is 29.8 Å². The molecule has 144 valence electrons. The van der Waals surface area contributed by atoms with Crippen molar-refractivity contribution in [3.63, 3.8) is 0 Å². The molecular formula is C19H35IN4O. The molecule has 0 saturated carbocycles. The normalized spacial score (nSPS) is 12.7. The number of hydrogen-bond donors (Lipinski definition) is 2. The fourth-order valence-corrected chi connectivity index (χ4v) is 2.69. The predicted octanol–water partition coefficient (Wildman–Crippen LogP) is 3.52. The number of likely N-dealkylation sites (N-methyl/N-ethyl adjacent to an activating group) is 1. The van der Waals surface area contributed by atoms with Crippen LogP contribution in [-0.2, 0) is 0 Å². The second-order valence-corrected chi connectivity index (χ2v) is 6.24. The zero-order chi connectivity index (χ0) is 17.9. The summed E-state index contributed by atoms with van der Waals surface area (Å²) in [5.41, 5.74) is 1.25. The third-order valence-corrected chi connectivity index (χ3v) is 4.10. The van der Waals surface area contributed by atoms with Crippen LogP contribution in [0.3, 0.4) is 0 Å². The average molecular weight is 462 g/mol. The van der Waals surface area contributed by atoms with Crippen LogP contribution in [0.5, 0.6) is 5.75 Å². The first-order chi connectivity index (χ1) is 11.5. The van der Waals surface area contributed by atoms with Gasteiger partial charge in [-0.15, -0.1) is 24.0 Å². The van der Waals surface area contributed by atoms with Crippen LogP contribution in [0.15, 0.2) is 29.3 Å². The Morgan fingerprint density at radius 1 is 1.16 bits per heavy atom. The third kappa shape index (κ3) is 8.27. The minimum Gasteiger partial charge on any atom is -0.497 e. The van der Waals surface area contributed by atoms with Crippen molar-refractivity contribution in [3.8, 4) is 5.75 Å². The number of benzene rings is 1. The zero-order valence-electron chi connectivity index (χ0n) is 16.5. The van der Waals surface area contributed by atoms with Crippen molar-refractivity contribution >= 4 is 29.9 Å². The van der Waals surface area contributed by atoms with E-state index in [1.54, 1.807) is 7.11 Å². The minimum absolute atomic E-state index is 0. The van der Waals surface area contributed by atoms with E-state index in [4.69, 9.17) is 4.74 Å². The quantitative estimate of drug-likeness (QED) is 0.335. The van der Waals surface area contributed by atoms with Gasteiger partial charge in [-0.25, -0.2) is 0 Å². The molecule has 1 aromatic rings. The predicted molar refractivity (Wildman–Crippen MR) is 118 cm³/mol. The van der Waals surface area contributed by atoms with Gasteiger partial charge >= 0.3 is 0 Å². The van der Waals surface area contributed by atoms with Gasteiger partial charge in [-0.1, -0.05) is 39.8 Å². The largest absolute Gasteiger partial charge is 0.497 e. The van der Waals surface area contributed by atoms with Gasteiger partial charge in [-0.3, -0.25) is 9.89 Å². The zero-order valence-corrected chi connectivity index (χ0v) is 18.8. The number of rotatable bonds is 9. The Morgan fingerprint density at radius 2 is 1.80 bits per heavy atom. The summed E-state index contributed by atoms with van der Waals surface area (Å²) in [6.45, 7) is 12.5. The summed E-state index contributed by atoms with van der Waals surface area (Å²) in [6, 6.07) is 8.59. The van der Waals surface area contributed by atoms with Crippen molar-refractivity contribution in [1.82, 2.24) is 15.5 Å². The Hall–Kier alpha value is -1.02. The molecule has 0 bridgehead atoms. The van der Waals surface area contributed by atoms with E-state index in [0.29, 0.717) is 5.92 Å².